The fourth-order valence-electron chi connectivity index (χ4n) is 1.24. The summed E-state index contributed by atoms with van der Waals surface area (Å²) < 4.78 is 6.67. The molecule has 1 rings (SSSR count). The Morgan fingerprint density at radius 2 is 2.19 bits per heavy atom. The number of pyridine rings is 1. The molecule has 0 radical (unpaired) electrons. The van der Waals surface area contributed by atoms with E-state index in [0.717, 1.165) is 6.42 Å². The molecule has 88 valence electrons. The minimum Gasteiger partial charge on any atom is -0.478 e. The van der Waals surface area contributed by atoms with Crippen molar-refractivity contribution in [3.05, 3.63) is 23.9 Å². The summed E-state index contributed by atoms with van der Waals surface area (Å²) in [7, 11) is 0. The first-order chi connectivity index (χ1) is 7.74. The number of hydrogen-bond donors (Lipinski definition) is 0. The van der Waals surface area contributed by atoms with E-state index in [9.17, 15) is 4.79 Å². The Morgan fingerprint density at radius 3 is 2.88 bits per heavy atom. The fraction of sp³-hybridized carbons (Fsp3) is 0.500. The van der Waals surface area contributed by atoms with Gasteiger partial charge in [0.05, 0.1) is 6.61 Å². The first-order valence-corrected chi connectivity index (χ1v) is 6.93. The summed E-state index contributed by atoms with van der Waals surface area (Å²) in [6, 6.07) is 5.28. The summed E-state index contributed by atoms with van der Waals surface area (Å²) in [4.78, 5) is 15.2. The molecule has 1 heterocycles. The van der Waals surface area contributed by atoms with Gasteiger partial charge in [-0.15, -0.1) is 0 Å². The minimum atomic E-state index is -0.0321. The van der Waals surface area contributed by atoms with E-state index in [-0.39, 0.29) is 5.78 Å². The van der Waals surface area contributed by atoms with E-state index in [2.05, 4.69) is 27.6 Å². The third kappa shape index (κ3) is 4.92. The highest BCUT2D eigenvalue weighted by atomic mass is 127. The topological polar surface area (TPSA) is 39.2 Å². The summed E-state index contributed by atoms with van der Waals surface area (Å²) in [5.74, 6) is 0.512. The van der Waals surface area contributed by atoms with Crippen LogP contribution in [0.15, 0.2) is 18.2 Å². The van der Waals surface area contributed by atoms with E-state index in [1.165, 1.54) is 24.2 Å². The molecule has 0 saturated heterocycles. The monoisotopic (exact) mass is 333 g/mol. The van der Waals surface area contributed by atoms with Crippen LogP contribution in [0.5, 0.6) is 5.88 Å². The van der Waals surface area contributed by atoms with Gasteiger partial charge in [0.25, 0.3) is 0 Å². The summed E-state index contributed by atoms with van der Waals surface area (Å²) in [5.41, 5.74) is 0.463. The Morgan fingerprint density at radius 1 is 1.38 bits per heavy atom. The summed E-state index contributed by atoms with van der Waals surface area (Å²) in [6.07, 6.45) is 3.44. The van der Waals surface area contributed by atoms with Gasteiger partial charge >= 0.3 is 0 Å². The summed E-state index contributed by atoms with van der Waals surface area (Å²) in [6.45, 7) is 2.18. The molecule has 0 N–H and O–H groups in total. The lowest BCUT2D eigenvalue weighted by atomic mass is 10.2. The average Bonchev–Trinajstić information content (AvgIpc) is 2.29. The Bertz CT molecular complexity index is 342. The molecule has 0 aromatic carbocycles. The number of unbranched alkanes of at least 4 members (excludes halogenated alkanes) is 2. The van der Waals surface area contributed by atoms with E-state index in [0.29, 0.717) is 18.2 Å². The van der Waals surface area contributed by atoms with Crippen LogP contribution < -0.4 is 4.74 Å². The number of carbonyl (C=O) groups is 1. The number of Topliss-reactive ketones (excluding diaryl/α,β-unsaturated/α-hetero) is 1. The van der Waals surface area contributed by atoms with Gasteiger partial charge in [-0.1, -0.05) is 28.7 Å². The first kappa shape index (κ1) is 13.4. The van der Waals surface area contributed by atoms with Crippen molar-refractivity contribution in [2.24, 2.45) is 0 Å². The maximum atomic E-state index is 11.1. The number of carbonyl (C=O) groups excluding carboxylic acids is 1. The van der Waals surface area contributed by atoms with Crippen molar-refractivity contribution in [3.63, 3.8) is 0 Å². The first-order valence-electron chi connectivity index (χ1n) is 5.41. The van der Waals surface area contributed by atoms with E-state index in [1.807, 2.05) is 0 Å². The van der Waals surface area contributed by atoms with E-state index in [4.69, 9.17) is 4.74 Å². The number of aromatic nitrogens is 1. The zero-order chi connectivity index (χ0) is 11.8. The van der Waals surface area contributed by atoms with Crippen LogP contribution in [0.4, 0.5) is 0 Å². The molecule has 0 amide bonds. The van der Waals surface area contributed by atoms with Crippen molar-refractivity contribution in [2.75, 3.05) is 11.0 Å². The number of ketones is 1. The van der Waals surface area contributed by atoms with Gasteiger partial charge in [0.15, 0.2) is 5.78 Å². The standard InChI is InChI=1S/C12H16INO2/c1-10(15)11-6-5-7-12(14-11)16-9-4-2-3-8-13/h5-7H,2-4,8-9H2,1H3. The van der Waals surface area contributed by atoms with Crippen LogP contribution in [-0.2, 0) is 0 Å². The van der Waals surface area contributed by atoms with Gasteiger partial charge in [-0.25, -0.2) is 4.98 Å². The largest absolute Gasteiger partial charge is 0.478 e. The molecule has 16 heavy (non-hydrogen) atoms. The number of halogens is 1. The van der Waals surface area contributed by atoms with Crippen molar-refractivity contribution < 1.29 is 9.53 Å². The fourth-order valence-corrected chi connectivity index (χ4v) is 1.78. The lowest BCUT2D eigenvalue weighted by molar-refractivity contribution is 0.101. The molecule has 0 spiro atoms. The second-order valence-electron chi connectivity index (χ2n) is 3.52. The van der Waals surface area contributed by atoms with Crippen molar-refractivity contribution in [1.29, 1.82) is 0 Å². The molecule has 0 bridgehead atoms. The van der Waals surface area contributed by atoms with Crippen molar-refractivity contribution >= 4 is 28.4 Å². The van der Waals surface area contributed by atoms with Crippen LogP contribution in [0.1, 0.15) is 36.7 Å². The quantitative estimate of drug-likeness (QED) is 0.333. The highest BCUT2D eigenvalue weighted by Gasteiger charge is 2.02. The lowest BCUT2D eigenvalue weighted by Crippen LogP contribution is -2.02. The van der Waals surface area contributed by atoms with Crippen molar-refractivity contribution in [1.82, 2.24) is 4.98 Å². The predicted octanol–water partition coefficient (Wildman–Crippen LogP) is 3.27. The van der Waals surface area contributed by atoms with E-state index in [1.54, 1.807) is 18.2 Å². The Hall–Kier alpha value is -0.650. The lowest BCUT2D eigenvalue weighted by Gasteiger charge is -2.05. The molecule has 1 aromatic rings. The minimum absolute atomic E-state index is 0.0321. The highest BCUT2D eigenvalue weighted by Crippen LogP contribution is 2.09. The zero-order valence-electron chi connectivity index (χ0n) is 9.41. The second-order valence-corrected chi connectivity index (χ2v) is 4.59. The maximum Gasteiger partial charge on any atom is 0.213 e. The molecule has 0 saturated carbocycles. The Kier molecular flexibility index (Phi) is 6.37. The van der Waals surface area contributed by atoms with Gasteiger partial charge in [-0.05, 0) is 29.8 Å². The number of rotatable bonds is 7. The third-order valence-corrected chi connectivity index (χ3v) is 2.87. The predicted molar refractivity (Wildman–Crippen MR) is 72.5 cm³/mol. The van der Waals surface area contributed by atoms with Gasteiger partial charge in [0.1, 0.15) is 5.69 Å². The van der Waals surface area contributed by atoms with Crippen LogP contribution in [0, 0.1) is 0 Å². The molecule has 0 aliphatic heterocycles. The molecule has 3 nitrogen and oxygen atoms in total. The summed E-state index contributed by atoms with van der Waals surface area (Å²) in [5, 5.41) is 0. The normalized spacial score (nSPS) is 10.1. The molecule has 1 aromatic heterocycles. The van der Waals surface area contributed by atoms with Gasteiger partial charge in [0, 0.05) is 13.0 Å². The van der Waals surface area contributed by atoms with Crippen LogP contribution in [0.25, 0.3) is 0 Å². The number of nitrogens with zero attached hydrogens (tertiary/aromatic N) is 1. The molecular formula is C12H16INO2. The molecule has 0 aliphatic carbocycles. The van der Waals surface area contributed by atoms with E-state index < -0.39 is 0 Å². The zero-order valence-corrected chi connectivity index (χ0v) is 11.6. The van der Waals surface area contributed by atoms with Crippen LogP contribution in [0.2, 0.25) is 0 Å². The van der Waals surface area contributed by atoms with Gasteiger partial charge in [-0.3, -0.25) is 4.79 Å². The number of alkyl halides is 1. The molecule has 0 fully saturated rings. The van der Waals surface area contributed by atoms with Gasteiger partial charge in [0.2, 0.25) is 5.88 Å². The smallest absolute Gasteiger partial charge is 0.213 e. The maximum absolute atomic E-state index is 11.1. The molecule has 0 atom stereocenters. The Balaban J connectivity index is 2.36. The molecule has 0 unspecified atom stereocenters. The second kappa shape index (κ2) is 7.60. The average molecular weight is 333 g/mol. The van der Waals surface area contributed by atoms with Gasteiger partial charge < -0.3 is 4.74 Å². The SMILES string of the molecule is CC(=O)c1cccc(OCCCCCI)n1. The van der Waals surface area contributed by atoms with Crippen molar-refractivity contribution in [3.8, 4) is 5.88 Å². The van der Waals surface area contributed by atoms with Crippen LogP contribution in [0.3, 0.4) is 0 Å². The van der Waals surface area contributed by atoms with Crippen LogP contribution >= 0.6 is 22.6 Å². The molecule has 4 heteroatoms. The third-order valence-electron chi connectivity index (χ3n) is 2.11. The van der Waals surface area contributed by atoms with Crippen molar-refractivity contribution in [2.45, 2.75) is 26.2 Å². The Labute approximate surface area is 110 Å². The van der Waals surface area contributed by atoms with Crippen LogP contribution in [-0.4, -0.2) is 21.8 Å². The number of hydrogen-bond acceptors (Lipinski definition) is 3. The number of ether oxygens (including phenoxy) is 1. The van der Waals surface area contributed by atoms with Gasteiger partial charge in [-0.2, -0.15) is 0 Å². The highest BCUT2D eigenvalue weighted by molar-refractivity contribution is 14.1. The van der Waals surface area contributed by atoms with E-state index >= 15 is 0 Å². The molecule has 0 aliphatic rings. The summed E-state index contributed by atoms with van der Waals surface area (Å²) >= 11 is 2.37. The molecular weight excluding hydrogens is 317 g/mol.